The van der Waals surface area contributed by atoms with Crippen LogP contribution in [0.3, 0.4) is 0 Å². The highest BCUT2D eigenvalue weighted by Gasteiger charge is 2.27. The molecule has 0 amide bonds. The summed E-state index contributed by atoms with van der Waals surface area (Å²) in [6.45, 7) is 0. The molecule has 0 fully saturated rings. The van der Waals surface area contributed by atoms with Crippen LogP contribution in [-0.4, -0.2) is 22.9 Å². The van der Waals surface area contributed by atoms with E-state index in [1.165, 1.54) is 13.2 Å². The summed E-state index contributed by atoms with van der Waals surface area (Å²) in [5.74, 6) is -1.51. The van der Waals surface area contributed by atoms with Crippen molar-refractivity contribution in [2.45, 2.75) is 12.3 Å². The molecule has 0 bridgehead atoms. The first kappa shape index (κ1) is 19.1. The molecule has 0 aromatic heterocycles. The van der Waals surface area contributed by atoms with Crippen LogP contribution in [0.15, 0.2) is 72.8 Å². The zero-order valence-electron chi connectivity index (χ0n) is 15.2. The molecule has 0 aliphatic rings. The van der Waals surface area contributed by atoms with Crippen LogP contribution in [0.1, 0.15) is 27.4 Å². The lowest BCUT2D eigenvalue weighted by Crippen LogP contribution is -2.16. The third kappa shape index (κ3) is 4.01. The second-order valence-electron chi connectivity index (χ2n) is 6.32. The first-order valence-corrected chi connectivity index (χ1v) is 8.69. The third-order valence-electron chi connectivity index (χ3n) is 4.56. The first-order chi connectivity index (χ1) is 13.5. The Morgan fingerprint density at radius 3 is 2.25 bits per heavy atom. The highest BCUT2D eigenvalue weighted by molar-refractivity contribution is 6.02. The molecule has 3 aromatic rings. The number of hydrogen-bond donors (Lipinski definition) is 1. The summed E-state index contributed by atoms with van der Waals surface area (Å²) in [6, 6.07) is 21.3. The van der Waals surface area contributed by atoms with Crippen molar-refractivity contribution in [1.82, 2.24) is 0 Å². The molecule has 0 aliphatic carbocycles. The fourth-order valence-corrected chi connectivity index (χ4v) is 3.13. The quantitative estimate of drug-likeness (QED) is 0.371. The minimum Gasteiger partial charge on any atom is -0.500 e. The number of methoxy groups -OCH3 is 1. The van der Waals surface area contributed by atoms with E-state index in [9.17, 15) is 20.0 Å². The lowest BCUT2D eigenvalue weighted by molar-refractivity contribution is -0.386. The van der Waals surface area contributed by atoms with Crippen LogP contribution >= 0.6 is 0 Å². The number of benzene rings is 3. The monoisotopic (exact) mass is 377 g/mol. The van der Waals surface area contributed by atoms with Crippen LogP contribution in [0.5, 0.6) is 11.5 Å². The van der Waals surface area contributed by atoms with Gasteiger partial charge in [-0.2, -0.15) is 0 Å². The van der Waals surface area contributed by atoms with E-state index in [2.05, 4.69) is 0 Å². The van der Waals surface area contributed by atoms with E-state index in [0.29, 0.717) is 6.42 Å². The Hall–Kier alpha value is -3.67. The second-order valence-corrected chi connectivity index (χ2v) is 6.32. The Balaban J connectivity index is 2.06. The van der Waals surface area contributed by atoms with Gasteiger partial charge < -0.3 is 9.84 Å². The van der Waals surface area contributed by atoms with Crippen LogP contribution in [0, 0.1) is 10.1 Å². The molecule has 3 rings (SSSR count). The third-order valence-corrected chi connectivity index (χ3v) is 4.56. The predicted molar refractivity (Wildman–Crippen MR) is 105 cm³/mol. The minimum absolute atomic E-state index is 0.107. The maximum Gasteiger partial charge on any atom is 0.315 e. The van der Waals surface area contributed by atoms with E-state index in [-0.39, 0.29) is 17.1 Å². The van der Waals surface area contributed by atoms with E-state index < -0.39 is 22.3 Å². The number of aromatic hydroxyl groups is 1. The van der Waals surface area contributed by atoms with E-state index >= 15 is 0 Å². The van der Waals surface area contributed by atoms with Crippen molar-refractivity contribution in [2.75, 3.05) is 7.11 Å². The van der Waals surface area contributed by atoms with Crippen molar-refractivity contribution in [2.24, 2.45) is 0 Å². The number of ether oxygens (including phenoxy) is 1. The zero-order chi connectivity index (χ0) is 20.1. The van der Waals surface area contributed by atoms with Crippen molar-refractivity contribution in [3.8, 4) is 11.5 Å². The van der Waals surface area contributed by atoms with Gasteiger partial charge in [-0.15, -0.1) is 0 Å². The van der Waals surface area contributed by atoms with E-state index in [0.717, 1.165) is 17.2 Å². The molecular formula is C22H19NO5. The van der Waals surface area contributed by atoms with Crippen molar-refractivity contribution in [3.63, 3.8) is 0 Å². The van der Waals surface area contributed by atoms with Gasteiger partial charge in [-0.1, -0.05) is 60.7 Å². The van der Waals surface area contributed by atoms with Gasteiger partial charge in [0.15, 0.2) is 11.5 Å². The summed E-state index contributed by atoms with van der Waals surface area (Å²) in [6.07, 6.45) is 0.445. The first-order valence-electron chi connectivity index (χ1n) is 8.69. The molecule has 0 saturated carbocycles. The Bertz CT molecular complexity index is 987. The molecule has 28 heavy (non-hydrogen) atoms. The molecule has 0 aliphatic heterocycles. The fourth-order valence-electron chi connectivity index (χ4n) is 3.13. The van der Waals surface area contributed by atoms with E-state index in [1.54, 1.807) is 0 Å². The molecule has 0 heterocycles. The van der Waals surface area contributed by atoms with Crippen molar-refractivity contribution in [3.05, 3.63) is 99.6 Å². The molecule has 0 radical (unpaired) electrons. The highest BCUT2D eigenvalue weighted by atomic mass is 16.6. The Morgan fingerprint density at radius 1 is 1.07 bits per heavy atom. The lowest BCUT2D eigenvalue weighted by Gasteiger charge is -2.17. The van der Waals surface area contributed by atoms with Crippen molar-refractivity contribution in [1.29, 1.82) is 0 Å². The summed E-state index contributed by atoms with van der Waals surface area (Å²) in [5.41, 5.74) is 1.34. The molecule has 1 atom stereocenters. The van der Waals surface area contributed by atoms with Gasteiger partial charge in [0.1, 0.15) is 0 Å². The average Bonchev–Trinajstić information content (AvgIpc) is 2.73. The number of ketones is 1. The number of nitrogens with zero attached hydrogens (tertiary/aromatic N) is 1. The van der Waals surface area contributed by atoms with Gasteiger partial charge >= 0.3 is 5.69 Å². The molecular weight excluding hydrogens is 358 g/mol. The molecule has 0 spiro atoms. The predicted octanol–water partition coefficient (Wildman–Crippen LogP) is 4.52. The number of Topliss-reactive ketones (excluding diaryl/α,β-unsaturated/α-hetero) is 1. The number of hydrogen-bond acceptors (Lipinski definition) is 5. The second kappa shape index (κ2) is 8.35. The topological polar surface area (TPSA) is 89.7 Å². The Kier molecular flexibility index (Phi) is 5.69. The number of nitro groups is 1. The molecule has 1 unspecified atom stereocenters. The van der Waals surface area contributed by atoms with Gasteiger partial charge in [-0.05, 0) is 23.6 Å². The summed E-state index contributed by atoms with van der Waals surface area (Å²) in [7, 11) is 1.28. The normalized spacial score (nSPS) is 11.6. The fraction of sp³-hybridized carbons (Fsp3) is 0.136. The van der Waals surface area contributed by atoms with Crippen LogP contribution < -0.4 is 4.74 Å². The standard InChI is InChI=1S/C22H19NO5/c1-28-20-14-17(13-19(22(20)25)23(26)27)21(24)18(16-10-6-3-7-11-16)12-15-8-4-2-5-9-15/h2-11,13-14,18,25H,12H2,1H3. The van der Waals surface area contributed by atoms with E-state index in [4.69, 9.17) is 4.74 Å². The van der Waals surface area contributed by atoms with Gasteiger partial charge in [-0.25, -0.2) is 0 Å². The molecule has 142 valence electrons. The largest absolute Gasteiger partial charge is 0.500 e. The molecule has 6 nitrogen and oxygen atoms in total. The Morgan fingerprint density at radius 2 is 1.68 bits per heavy atom. The van der Waals surface area contributed by atoms with Gasteiger partial charge in [0.25, 0.3) is 0 Å². The number of phenolic OH excluding ortho intramolecular Hbond substituents is 1. The maximum absolute atomic E-state index is 13.3. The number of carbonyl (C=O) groups excluding carboxylic acids is 1. The minimum atomic E-state index is -0.733. The van der Waals surface area contributed by atoms with Gasteiger partial charge in [-0.3, -0.25) is 14.9 Å². The summed E-state index contributed by atoms with van der Waals surface area (Å²) >= 11 is 0. The van der Waals surface area contributed by atoms with Crippen LogP contribution in [0.25, 0.3) is 0 Å². The summed E-state index contributed by atoms with van der Waals surface area (Å²) in [4.78, 5) is 23.9. The van der Waals surface area contributed by atoms with Crippen LogP contribution in [0.4, 0.5) is 5.69 Å². The Labute approximate surface area is 162 Å². The summed E-state index contributed by atoms with van der Waals surface area (Å²) < 4.78 is 5.02. The summed E-state index contributed by atoms with van der Waals surface area (Å²) in [5, 5.41) is 21.3. The van der Waals surface area contributed by atoms with Gasteiger partial charge in [0, 0.05) is 11.6 Å². The molecule has 0 saturated heterocycles. The number of phenols is 1. The zero-order valence-corrected chi connectivity index (χ0v) is 15.2. The van der Waals surface area contributed by atoms with Gasteiger partial charge in [0.2, 0.25) is 5.75 Å². The SMILES string of the molecule is COc1cc(C(=O)C(Cc2ccccc2)c2ccccc2)cc([N+](=O)[O-])c1O. The maximum atomic E-state index is 13.3. The lowest BCUT2D eigenvalue weighted by atomic mass is 9.85. The molecule has 6 heteroatoms. The average molecular weight is 377 g/mol. The van der Waals surface area contributed by atoms with Crippen LogP contribution in [-0.2, 0) is 6.42 Å². The molecule has 3 aromatic carbocycles. The van der Waals surface area contributed by atoms with Gasteiger partial charge in [0.05, 0.1) is 18.0 Å². The number of rotatable bonds is 7. The van der Waals surface area contributed by atoms with Crippen LogP contribution in [0.2, 0.25) is 0 Å². The number of carbonyl (C=O) groups is 1. The molecule has 1 N–H and O–H groups in total. The van der Waals surface area contributed by atoms with Crippen molar-refractivity contribution < 1.29 is 19.6 Å². The van der Waals surface area contributed by atoms with Crippen molar-refractivity contribution >= 4 is 11.5 Å². The smallest absolute Gasteiger partial charge is 0.315 e. The highest BCUT2D eigenvalue weighted by Crippen LogP contribution is 2.38. The number of nitro benzene ring substituents is 1. The van der Waals surface area contributed by atoms with E-state index in [1.807, 2.05) is 60.7 Å².